The van der Waals surface area contributed by atoms with Crippen molar-refractivity contribution in [3.63, 3.8) is 0 Å². The number of ether oxygens (including phenoxy) is 1. The zero-order chi connectivity index (χ0) is 17.9. The van der Waals surface area contributed by atoms with E-state index in [0.717, 1.165) is 57.0 Å². The van der Waals surface area contributed by atoms with Gasteiger partial charge in [0.05, 0.1) is 25.8 Å². The molecule has 3 heterocycles. The number of methoxy groups -OCH3 is 1. The average molecular weight is 354 g/mol. The van der Waals surface area contributed by atoms with Crippen LogP contribution < -0.4 is 4.74 Å². The number of rotatable bonds is 4. The van der Waals surface area contributed by atoms with Gasteiger partial charge in [0.2, 0.25) is 5.91 Å². The summed E-state index contributed by atoms with van der Waals surface area (Å²) in [7, 11) is 1.69. The first-order valence-electron chi connectivity index (χ1n) is 9.42. The molecule has 5 nitrogen and oxygen atoms in total. The molecule has 1 atom stereocenters. The molecule has 0 saturated carbocycles. The molecule has 0 N–H and O–H groups in total. The van der Waals surface area contributed by atoms with Crippen molar-refractivity contribution in [1.29, 1.82) is 0 Å². The molecule has 1 fully saturated rings. The second kappa shape index (κ2) is 7.54. The van der Waals surface area contributed by atoms with Crippen LogP contribution in [0.15, 0.2) is 41.0 Å². The standard InChI is InChI=1S/C21H26N2O3/c1-25-19-7-6-17-14-23(10-8-16(17)12-19)21(24)18-4-2-9-22(13-18)15-20-5-3-11-26-20/h3,5-7,11-12,18H,2,4,8-10,13-15H2,1H3. The molecule has 0 radical (unpaired) electrons. The summed E-state index contributed by atoms with van der Waals surface area (Å²) in [4.78, 5) is 17.5. The lowest BCUT2D eigenvalue weighted by Crippen LogP contribution is -2.46. The Morgan fingerprint density at radius 2 is 2.19 bits per heavy atom. The van der Waals surface area contributed by atoms with Crippen LogP contribution in [0, 0.1) is 5.92 Å². The number of fused-ring (bicyclic) bond motifs is 1. The fourth-order valence-corrected chi connectivity index (χ4v) is 4.13. The van der Waals surface area contributed by atoms with Crippen LogP contribution in [0.2, 0.25) is 0 Å². The van der Waals surface area contributed by atoms with Gasteiger partial charge >= 0.3 is 0 Å². The number of carbonyl (C=O) groups excluding carboxylic acids is 1. The maximum absolute atomic E-state index is 13.1. The minimum atomic E-state index is 0.0958. The number of nitrogens with zero attached hydrogens (tertiary/aromatic N) is 2. The first kappa shape index (κ1) is 17.2. The molecule has 0 bridgehead atoms. The molecular weight excluding hydrogens is 328 g/mol. The van der Waals surface area contributed by atoms with Gasteiger partial charge in [0.15, 0.2) is 0 Å². The lowest BCUT2D eigenvalue weighted by Gasteiger charge is -2.36. The zero-order valence-corrected chi connectivity index (χ0v) is 15.3. The normalized spacial score (nSPS) is 20.7. The fraction of sp³-hybridized carbons (Fsp3) is 0.476. The number of piperidine rings is 1. The van der Waals surface area contributed by atoms with Gasteiger partial charge in [-0.15, -0.1) is 0 Å². The Balaban J connectivity index is 1.39. The van der Waals surface area contributed by atoms with E-state index in [1.54, 1.807) is 13.4 Å². The van der Waals surface area contributed by atoms with E-state index < -0.39 is 0 Å². The SMILES string of the molecule is COc1ccc2c(c1)CCN(C(=O)C1CCCN(Cc3ccco3)C1)C2. The molecule has 1 amide bonds. The number of furan rings is 1. The maximum atomic E-state index is 13.1. The second-order valence-electron chi connectivity index (χ2n) is 7.30. The molecule has 1 saturated heterocycles. The Morgan fingerprint density at radius 1 is 1.27 bits per heavy atom. The lowest BCUT2D eigenvalue weighted by molar-refractivity contribution is -0.138. The first-order valence-corrected chi connectivity index (χ1v) is 9.42. The summed E-state index contributed by atoms with van der Waals surface area (Å²) in [5, 5.41) is 0. The molecule has 1 unspecified atom stereocenters. The van der Waals surface area contributed by atoms with Crippen LogP contribution in [0.25, 0.3) is 0 Å². The van der Waals surface area contributed by atoms with Crippen LogP contribution in [0.1, 0.15) is 29.7 Å². The van der Waals surface area contributed by atoms with Crippen molar-refractivity contribution in [3.8, 4) is 5.75 Å². The number of likely N-dealkylation sites (tertiary alicyclic amines) is 1. The molecule has 26 heavy (non-hydrogen) atoms. The predicted octanol–water partition coefficient (Wildman–Crippen LogP) is 3.09. The molecule has 5 heteroatoms. The Hall–Kier alpha value is -2.27. The van der Waals surface area contributed by atoms with E-state index >= 15 is 0 Å². The van der Waals surface area contributed by atoms with Gasteiger partial charge in [-0.2, -0.15) is 0 Å². The summed E-state index contributed by atoms with van der Waals surface area (Å²) in [6.07, 6.45) is 4.67. The van der Waals surface area contributed by atoms with Crippen molar-refractivity contribution in [2.24, 2.45) is 5.92 Å². The quantitative estimate of drug-likeness (QED) is 0.846. The van der Waals surface area contributed by atoms with Crippen molar-refractivity contribution in [2.45, 2.75) is 32.4 Å². The first-order chi connectivity index (χ1) is 12.7. The summed E-state index contributed by atoms with van der Waals surface area (Å²) in [6, 6.07) is 10.1. The Labute approximate surface area is 154 Å². The number of hydrogen-bond acceptors (Lipinski definition) is 4. The highest BCUT2D eigenvalue weighted by molar-refractivity contribution is 5.79. The van der Waals surface area contributed by atoms with Crippen LogP contribution in [-0.4, -0.2) is 42.5 Å². The predicted molar refractivity (Wildman–Crippen MR) is 98.8 cm³/mol. The van der Waals surface area contributed by atoms with Crippen molar-refractivity contribution in [3.05, 3.63) is 53.5 Å². The van der Waals surface area contributed by atoms with Gasteiger partial charge in [0.1, 0.15) is 11.5 Å². The minimum Gasteiger partial charge on any atom is -0.497 e. The summed E-state index contributed by atoms with van der Waals surface area (Å²) in [5.74, 6) is 2.26. The Bertz CT molecular complexity index is 757. The number of carbonyl (C=O) groups is 1. The molecular formula is C21H26N2O3. The third-order valence-corrected chi connectivity index (χ3v) is 5.55. The molecule has 4 rings (SSSR count). The monoisotopic (exact) mass is 354 g/mol. The van der Waals surface area contributed by atoms with Crippen LogP contribution in [0.3, 0.4) is 0 Å². The van der Waals surface area contributed by atoms with Crippen molar-refractivity contribution < 1.29 is 13.9 Å². The number of amides is 1. The lowest BCUT2D eigenvalue weighted by atomic mass is 9.93. The van der Waals surface area contributed by atoms with Gasteiger partial charge in [-0.1, -0.05) is 6.07 Å². The number of benzene rings is 1. The third kappa shape index (κ3) is 3.63. The minimum absolute atomic E-state index is 0.0958. The van der Waals surface area contributed by atoms with Gasteiger partial charge in [-0.25, -0.2) is 0 Å². The smallest absolute Gasteiger partial charge is 0.227 e. The highest BCUT2D eigenvalue weighted by Gasteiger charge is 2.31. The van der Waals surface area contributed by atoms with Crippen LogP contribution in [-0.2, 0) is 24.3 Å². The van der Waals surface area contributed by atoms with E-state index in [1.807, 2.05) is 23.1 Å². The van der Waals surface area contributed by atoms with Gasteiger partial charge < -0.3 is 14.1 Å². The highest BCUT2D eigenvalue weighted by Crippen LogP contribution is 2.27. The largest absolute Gasteiger partial charge is 0.497 e. The van der Waals surface area contributed by atoms with Gasteiger partial charge in [0, 0.05) is 19.6 Å². The summed E-state index contributed by atoms with van der Waals surface area (Å²) in [5.41, 5.74) is 2.55. The summed E-state index contributed by atoms with van der Waals surface area (Å²) < 4.78 is 10.8. The van der Waals surface area contributed by atoms with Gasteiger partial charge in [0.25, 0.3) is 0 Å². The maximum Gasteiger partial charge on any atom is 0.227 e. The summed E-state index contributed by atoms with van der Waals surface area (Å²) in [6.45, 7) is 4.17. The molecule has 0 aliphatic carbocycles. The highest BCUT2D eigenvalue weighted by atomic mass is 16.5. The van der Waals surface area contributed by atoms with E-state index in [-0.39, 0.29) is 5.92 Å². The van der Waals surface area contributed by atoms with Crippen molar-refractivity contribution in [2.75, 3.05) is 26.7 Å². The van der Waals surface area contributed by atoms with Crippen molar-refractivity contribution in [1.82, 2.24) is 9.80 Å². The van der Waals surface area contributed by atoms with E-state index in [9.17, 15) is 4.79 Å². The van der Waals surface area contributed by atoms with Gasteiger partial charge in [-0.05, 0) is 61.2 Å². The summed E-state index contributed by atoms with van der Waals surface area (Å²) >= 11 is 0. The van der Waals surface area contributed by atoms with Crippen LogP contribution in [0.5, 0.6) is 5.75 Å². The fourth-order valence-electron chi connectivity index (χ4n) is 4.13. The topological polar surface area (TPSA) is 45.9 Å². The molecule has 2 aromatic rings. The van der Waals surface area contributed by atoms with E-state index in [0.29, 0.717) is 12.5 Å². The molecule has 138 valence electrons. The molecule has 0 spiro atoms. The Kier molecular flexibility index (Phi) is 4.98. The third-order valence-electron chi connectivity index (χ3n) is 5.55. The molecule has 1 aromatic carbocycles. The molecule has 1 aromatic heterocycles. The Morgan fingerprint density at radius 3 is 3.00 bits per heavy atom. The zero-order valence-electron chi connectivity index (χ0n) is 15.3. The van der Waals surface area contributed by atoms with E-state index in [4.69, 9.17) is 9.15 Å². The van der Waals surface area contributed by atoms with Crippen LogP contribution in [0.4, 0.5) is 0 Å². The molecule has 2 aliphatic rings. The van der Waals surface area contributed by atoms with E-state index in [1.165, 1.54) is 11.1 Å². The van der Waals surface area contributed by atoms with Gasteiger partial charge in [-0.3, -0.25) is 9.69 Å². The van der Waals surface area contributed by atoms with Crippen LogP contribution >= 0.6 is 0 Å². The second-order valence-corrected chi connectivity index (χ2v) is 7.30. The number of hydrogen-bond donors (Lipinski definition) is 0. The van der Waals surface area contributed by atoms with Crippen molar-refractivity contribution >= 4 is 5.91 Å². The van der Waals surface area contributed by atoms with E-state index in [2.05, 4.69) is 17.0 Å². The molecule has 2 aliphatic heterocycles. The average Bonchev–Trinajstić information content (AvgIpc) is 3.19.